The van der Waals surface area contributed by atoms with Gasteiger partial charge in [0.15, 0.2) is 0 Å². The fraction of sp³-hybridized carbons (Fsp3) is 0.143. The molecule has 1 heterocycles. The number of furan rings is 1. The second-order valence-electron chi connectivity index (χ2n) is 6.42. The van der Waals surface area contributed by atoms with Crippen LogP contribution in [0, 0.1) is 5.82 Å². The summed E-state index contributed by atoms with van der Waals surface area (Å²) in [4.78, 5) is 26.0. The number of benzene rings is 2. The number of para-hydroxylation sites is 1. The van der Waals surface area contributed by atoms with E-state index in [1.165, 1.54) is 36.6 Å². The first-order valence-corrected chi connectivity index (χ1v) is 10.7. The Kier molecular flexibility index (Phi) is 7.16. The molecule has 10 heteroatoms. The van der Waals surface area contributed by atoms with E-state index in [9.17, 15) is 22.4 Å². The molecule has 0 aliphatic carbocycles. The number of amides is 2. The molecule has 2 N–H and O–H groups in total. The fourth-order valence-electron chi connectivity index (χ4n) is 2.71. The summed E-state index contributed by atoms with van der Waals surface area (Å²) < 4.78 is 46.4. The van der Waals surface area contributed by atoms with E-state index in [1.54, 1.807) is 30.3 Å². The predicted molar refractivity (Wildman–Crippen MR) is 111 cm³/mol. The van der Waals surface area contributed by atoms with Crippen LogP contribution < -0.4 is 14.9 Å². The number of sulfonamides is 1. The zero-order valence-electron chi connectivity index (χ0n) is 16.3. The summed E-state index contributed by atoms with van der Waals surface area (Å²) in [5.41, 5.74) is -0.139. The van der Waals surface area contributed by atoms with Gasteiger partial charge in [0.2, 0.25) is 21.8 Å². The lowest BCUT2D eigenvalue weighted by atomic mass is 10.2. The van der Waals surface area contributed by atoms with Gasteiger partial charge in [-0.05, 0) is 36.4 Å². The maximum absolute atomic E-state index is 14.3. The van der Waals surface area contributed by atoms with Gasteiger partial charge in [0.1, 0.15) is 18.1 Å². The van der Waals surface area contributed by atoms with Crippen LogP contribution in [0.25, 0.3) is 0 Å². The first kappa shape index (κ1) is 22.2. The number of nitrogens with one attached hydrogen (secondary N) is 2. The molecule has 1 aromatic heterocycles. The number of carbonyl (C=O) groups excluding carboxylic acids is 2. The minimum atomic E-state index is -3.95. The zero-order chi connectivity index (χ0) is 22.3. The van der Waals surface area contributed by atoms with Crippen molar-refractivity contribution in [1.29, 1.82) is 0 Å². The number of nitrogens with zero attached hydrogens (tertiary/aromatic N) is 1. The average Bonchev–Trinajstić information content (AvgIpc) is 3.29. The van der Waals surface area contributed by atoms with Crippen molar-refractivity contribution in [2.75, 3.05) is 18.0 Å². The lowest BCUT2D eigenvalue weighted by Gasteiger charge is -2.23. The van der Waals surface area contributed by atoms with Crippen molar-refractivity contribution >= 4 is 27.5 Å². The largest absolute Gasteiger partial charge is 0.467 e. The highest BCUT2D eigenvalue weighted by Crippen LogP contribution is 2.19. The zero-order valence-corrected chi connectivity index (χ0v) is 17.1. The van der Waals surface area contributed by atoms with Crippen molar-refractivity contribution in [3.8, 4) is 0 Å². The fourth-order valence-corrected chi connectivity index (χ4v) is 3.71. The van der Waals surface area contributed by atoms with Gasteiger partial charge < -0.3 is 9.73 Å². The molecule has 2 amide bonds. The molecule has 3 aromatic rings. The molecule has 2 aromatic carbocycles. The smallest absolute Gasteiger partial charge is 0.242 e. The van der Waals surface area contributed by atoms with Gasteiger partial charge in [0.25, 0.3) is 0 Å². The van der Waals surface area contributed by atoms with Crippen LogP contribution in [0.5, 0.6) is 0 Å². The Labute approximate surface area is 178 Å². The van der Waals surface area contributed by atoms with E-state index in [0.29, 0.717) is 5.76 Å². The number of carbonyl (C=O) groups is 2. The molecule has 0 fully saturated rings. The lowest BCUT2D eigenvalue weighted by Crippen LogP contribution is -2.45. The summed E-state index contributed by atoms with van der Waals surface area (Å²) in [7, 11) is -3.95. The van der Waals surface area contributed by atoms with E-state index in [1.807, 2.05) is 0 Å². The highest BCUT2D eigenvalue weighted by molar-refractivity contribution is 7.89. The third kappa shape index (κ3) is 6.00. The number of anilines is 1. The Morgan fingerprint density at radius 3 is 2.35 bits per heavy atom. The first-order chi connectivity index (χ1) is 14.9. The molecule has 0 saturated carbocycles. The van der Waals surface area contributed by atoms with Crippen LogP contribution in [0.4, 0.5) is 10.1 Å². The van der Waals surface area contributed by atoms with Gasteiger partial charge >= 0.3 is 0 Å². The summed E-state index contributed by atoms with van der Waals surface area (Å²) in [5.74, 6) is -1.58. The van der Waals surface area contributed by atoms with Crippen molar-refractivity contribution in [1.82, 2.24) is 10.0 Å². The molecule has 3 rings (SSSR count). The molecule has 0 radical (unpaired) electrons. The van der Waals surface area contributed by atoms with E-state index >= 15 is 0 Å². The lowest BCUT2D eigenvalue weighted by molar-refractivity contribution is -0.123. The van der Waals surface area contributed by atoms with Crippen LogP contribution in [0.3, 0.4) is 0 Å². The number of hydrogen-bond donors (Lipinski definition) is 2. The van der Waals surface area contributed by atoms with Crippen LogP contribution in [0.1, 0.15) is 5.76 Å². The molecular formula is C21H20FN3O5S. The van der Waals surface area contributed by atoms with E-state index in [-0.39, 0.29) is 17.1 Å². The molecule has 0 bridgehead atoms. The minimum absolute atomic E-state index is 0.0172. The molecule has 8 nitrogen and oxygen atoms in total. The van der Waals surface area contributed by atoms with Crippen LogP contribution in [-0.4, -0.2) is 33.3 Å². The Morgan fingerprint density at radius 1 is 0.968 bits per heavy atom. The normalized spacial score (nSPS) is 11.1. The molecule has 0 aliphatic rings. The highest BCUT2D eigenvalue weighted by atomic mass is 32.2. The standard InChI is InChI=1S/C21H20FN3O5S/c22-18-10-4-5-11-19(18)25(15-20(26)23-13-16-7-6-12-30-16)21(27)14-24-31(28,29)17-8-2-1-3-9-17/h1-12,24H,13-15H2,(H,23,26). The van der Waals surface area contributed by atoms with Crippen molar-refractivity contribution in [2.24, 2.45) is 0 Å². The van der Waals surface area contributed by atoms with Gasteiger partial charge in [0, 0.05) is 0 Å². The van der Waals surface area contributed by atoms with Gasteiger partial charge in [0.05, 0.1) is 29.9 Å². The van der Waals surface area contributed by atoms with Crippen LogP contribution in [0.15, 0.2) is 82.3 Å². The SMILES string of the molecule is O=C(CN(C(=O)CNS(=O)(=O)c1ccccc1)c1ccccc1F)NCc1ccco1. The summed E-state index contributed by atoms with van der Waals surface area (Å²) in [6.07, 6.45) is 1.45. The molecule has 162 valence electrons. The third-order valence-corrected chi connectivity index (χ3v) is 5.67. The number of halogens is 1. The Hall–Kier alpha value is -3.50. The molecule has 0 spiro atoms. The van der Waals surface area contributed by atoms with E-state index in [2.05, 4.69) is 10.0 Å². The Bertz CT molecular complexity index is 1130. The maximum atomic E-state index is 14.3. The van der Waals surface area contributed by atoms with E-state index in [0.717, 1.165) is 11.0 Å². The minimum Gasteiger partial charge on any atom is -0.467 e. The van der Waals surface area contributed by atoms with E-state index in [4.69, 9.17) is 4.42 Å². The third-order valence-electron chi connectivity index (χ3n) is 4.25. The molecule has 31 heavy (non-hydrogen) atoms. The summed E-state index contributed by atoms with van der Waals surface area (Å²) in [6, 6.07) is 16.3. The van der Waals surface area contributed by atoms with Crippen molar-refractivity contribution in [2.45, 2.75) is 11.4 Å². The maximum Gasteiger partial charge on any atom is 0.242 e. The molecule has 0 atom stereocenters. The van der Waals surface area contributed by atoms with Crippen LogP contribution >= 0.6 is 0 Å². The predicted octanol–water partition coefficient (Wildman–Crippen LogP) is 2.05. The van der Waals surface area contributed by atoms with Crippen molar-refractivity contribution < 1.29 is 26.8 Å². The summed E-state index contributed by atoms with van der Waals surface area (Å²) in [6.45, 7) is -1.07. The van der Waals surface area contributed by atoms with Crippen LogP contribution in [-0.2, 0) is 26.2 Å². The Morgan fingerprint density at radius 2 is 1.68 bits per heavy atom. The Balaban J connectivity index is 1.72. The van der Waals surface area contributed by atoms with Crippen LogP contribution in [0.2, 0.25) is 0 Å². The second-order valence-corrected chi connectivity index (χ2v) is 8.19. The van der Waals surface area contributed by atoms with Crippen molar-refractivity contribution in [3.63, 3.8) is 0 Å². The number of rotatable bonds is 9. The second kappa shape index (κ2) is 10.0. The molecule has 0 aliphatic heterocycles. The molecular weight excluding hydrogens is 425 g/mol. The quantitative estimate of drug-likeness (QED) is 0.524. The van der Waals surface area contributed by atoms with Gasteiger partial charge in [-0.1, -0.05) is 30.3 Å². The summed E-state index contributed by atoms with van der Waals surface area (Å²) >= 11 is 0. The van der Waals surface area contributed by atoms with Gasteiger partial charge in [-0.25, -0.2) is 17.5 Å². The monoisotopic (exact) mass is 445 g/mol. The summed E-state index contributed by atoms with van der Waals surface area (Å²) in [5, 5.41) is 2.57. The number of hydrogen-bond acceptors (Lipinski definition) is 5. The topological polar surface area (TPSA) is 109 Å². The van der Waals surface area contributed by atoms with E-state index < -0.39 is 40.7 Å². The van der Waals surface area contributed by atoms with Gasteiger partial charge in [-0.15, -0.1) is 0 Å². The molecule has 0 unspecified atom stereocenters. The van der Waals surface area contributed by atoms with Gasteiger partial charge in [-0.3, -0.25) is 14.5 Å². The average molecular weight is 445 g/mol. The van der Waals surface area contributed by atoms with Gasteiger partial charge in [-0.2, -0.15) is 0 Å². The first-order valence-electron chi connectivity index (χ1n) is 9.25. The van der Waals surface area contributed by atoms with Crippen molar-refractivity contribution in [3.05, 3.63) is 84.6 Å². The highest BCUT2D eigenvalue weighted by Gasteiger charge is 2.24. The molecule has 0 saturated heterocycles.